The maximum atomic E-state index is 13.0. The lowest BCUT2D eigenvalue weighted by molar-refractivity contribution is -0.138. The minimum atomic E-state index is -0.479. The molecule has 0 aliphatic carbocycles. The van der Waals surface area contributed by atoms with Crippen molar-refractivity contribution in [2.45, 2.75) is 30.8 Å². The van der Waals surface area contributed by atoms with Crippen LogP contribution in [0.15, 0.2) is 83.7 Å². The van der Waals surface area contributed by atoms with Gasteiger partial charge >= 0.3 is 5.97 Å². The number of thioether (sulfide) groups is 1. The standard InChI is InChI=1S/C25H26N4O3S/c1-4-15-32-23(30)21-17(3)26-24-27-25(33-16-18-9-7-6-8-10-18)28-29(24)22(21)19-11-13-20(14-12-19)31-5-2/h4,6-14,22H,1,5,15-16H2,2-3H3,(H,26,27,28). The molecular formula is C25H26N4O3S. The molecule has 0 radical (unpaired) electrons. The fourth-order valence-electron chi connectivity index (χ4n) is 3.61. The van der Waals surface area contributed by atoms with Gasteiger partial charge in [-0.25, -0.2) is 9.48 Å². The van der Waals surface area contributed by atoms with Gasteiger partial charge in [0, 0.05) is 11.4 Å². The normalized spacial score (nSPS) is 14.9. The van der Waals surface area contributed by atoms with Gasteiger partial charge in [-0.1, -0.05) is 66.9 Å². The van der Waals surface area contributed by atoms with Crippen LogP contribution >= 0.6 is 11.8 Å². The highest BCUT2D eigenvalue weighted by molar-refractivity contribution is 7.98. The van der Waals surface area contributed by atoms with Crippen molar-refractivity contribution in [3.8, 4) is 5.75 Å². The predicted molar refractivity (Wildman–Crippen MR) is 129 cm³/mol. The van der Waals surface area contributed by atoms with Crippen molar-refractivity contribution < 1.29 is 14.3 Å². The zero-order valence-corrected chi connectivity index (χ0v) is 19.5. The van der Waals surface area contributed by atoms with Crippen LogP contribution in [0.25, 0.3) is 0 Å². The molecule has 0 saturated heterocycles. The quantitative estimate of drug-likeness (QED) is 0.273. The first kappa shape index (κ1) is 22.7. The van der Waals surface area contributed by atoms with Gasteiger partial charge in [0.1, 0.15) is 18.4 Å². The van der Waals surface area contributed by atoms with E-state index >= 15 is 0 Å². The second-order valence-electron chi connectivity index (χ2n) is 7.39. The lowest BCUT2D eigenvalue weighted by atomic mass is 9.96. The lowest BCUT2D eigenvalue weighted by Gasteiger charge is -2.28. The largest absolute Gasteiger partial charge is 0.494 e. The molecule has 170 valence electrons. The first-order chi connectivity index (χ1) is 16.1. The molecule has 1 atom stereocenters. The molecule has 0 saturated carbocycles. The minimum Gasteiger partial charge on any atom is -0.494 e. The number of ether oxygens (including phenoxy) is 2. The molecule has 33 heavy (non-hydrogen) atoms. The van der Waals surface area contributed by atoms with Crippen LogP contribution in [0.4, 0.5) is 5.95 Å². The van der Waals surface area contributed by atoms with Crippen molar-refractivity contribution in [3.05, 3.63) is 89.6 Å². The molecule has 2 heterocycles. The Morgan fingerprint density at radius 3 is 2.67 bits per heavy atom. The second-order valence-corrected chi connectivity index (χ2v) is 8.33. The zero-order chi connectivity index (χ0) is 23.2. The van der Waals surface area contributed by atoms with E-state index in [-0.39, 0.29) is 6.61 Å². The van der Waals surface area contributed by atoms with E-state index in [4.69, 9.17) is 14.6 Å². The number of benzene rings is 2. The summed E-state index contributed by atoms with van der Waals surface area (Å²) < 4.78 is 12.7. The van der Waals surface area contributed by atoms with Crippen LogP contribution in [-0.2, 0) is 15.3 Å². The van der Waals surface area contributed by atoms with Gasteiger partial charge in [-0.15, -0.1) is 5.10 Å². The van der Waals surface area contributed by atoms with Gasteiger partial charge in [0.15, 0.2) is 0 Å². The van der Waals surface area contributed by atoms with Crippen LogP contribution in [0, 0.1) is 0 Å². The van der Waals surface area contributed by atoms with E-state index in [2.05, 4.69) is 29.0 Å². The first-order valence-corrected chi connectivity index (χ1v) is 11.7. The molecule has 1 N–H and O–H groups in total. The molecule has 2 aromatic carbocycles. The number of nitrogens with one attached hydrogen (secondary N) is 1. The van der Waals surface area contributed by atoms with Gasteiger partial charge in [0.25, 0.3) is 0 Å². The Labute approximate surface area is 197 Å². The molecule has 1 aliphatic heterocycles. The van der Waals surface area contributed by atoms with Gasteiger partial charge in [-0.05, 0) is 37.1 Å². The van der Waals surface area contributed by atoms with Gasteiger partial charge in [0.2, 0.25) is 11.1 Å². The van der Waals surface area contributed by atoms with Crippen molar-refractivity contribution in [1.29, 1.82) is 0 Å². The SMILES string of the molecule is C=CCOC(=O)C1=C(C)Nc2nc(SCc3ccccc3)nn2C1c1ccc(OCC)cc1. The van der Waals surface area contributed by atoms with Gasteiger partial charge in [-0.3, -0.25) is 0 Å². The summed E-state index contributed by atoms with van der Waals surface area (Å²) in [6.45, 7) is 8.14. The van der Waals surface area contributed by atoms with Gasteiger partial charge in [-0.2, -0.15) is 4.98 Å². The van der Waals surface area contributed by atoms with Crippen LogP contribution in [0.1, 0.15) is 31.0 Å². The van der Waals surface area contributed by atoms with Crippen molar-refractivity contribution in [2.24, 2.45) is 0 Å². The average molecular weight is 463 g/mol. The number of carbonyl (C=O) groups is 1. The fourth-order valence-corrected chi connectivity index (χ4v) is 4.40. The molecule has 3 aromatic rings. The third-order valence-electron chi connectivity index (χ3n) is 5.10. The minimum absolute atomic E-state index is 0.133. The fraction of sp³-hybridized carbons (Fsp3) is 0.240. The van der Waals surface area contributed by atoms with E-state index in [0.29, 0.717) is 29.0 Å². The summed E-state index contributed by atoms with van der Waals surface area (Å²) in [6.07, 6.45) is 1.55. The summed E-state index contributed by atoms with van der Waals surface area (Å²) in [5.74, 6) is 1.68. The summed E-state index contributed by atoms with van der Waals surface area (Å²) in [7, 11) is 0. The smallest absolute Gasteiger partial charge is 0.338 e. The van der Waals surface area contributed by atoms with E-state index in [0.717, 1.165) is 17.1 Å². The number of fused-ring (bicyclic) bond motifs is 1. The topological polar surface area (TPSA) is 78.3 Å². The molecule has 0 spiro atoms. The van der Waals surface area contributed by atoms with E-state index < -0.39 is 12.0 Å². The number of anilines is 1. The Bertz CT molecular complexity index is 1160. The van der Waals surface area contributed by atoms with Gasteiger partial charge < -0.3 is 14.8 Å². The lowest BCUT2D eigenvalue weighted by Crippen LogP contribution is -2.29. The number of aromatic nitrogens is 3. The number of allylic oxidation sites excluding steroid dienone is 1. The van der Waals surface area contributed by atoms with Crippen LogP contribution in [0.3, 0.4) is 0 Å². The van der Waals surface area contributed by atoms with E-state index in [1.165, 1.54) is 5.56 Å². The molecule has 1 aromatic heterocycles. The highest BCUT2D eigenvalue weighted by Gasteiger charge is 2.35. The first-order valence-electron chi connectivity index (χ1n) is 10.7. The van der Waals surface area contributed by atoms with Crippen LogP contribution in [-0.4, -0.2) is 33.9 Å². The van der Waals surface area contributed by atoms with Crippen molar-refractivity contribution >= 4 is 23.7 Å². The number of carbonyl (C=O) groups excluding carboxylic acids is 1. The molecule has 0 amide bonds. The number of hydrogen-bond acceptors (Lipinski definition) is 7. The Morgan fingerprint density at radius 1 is 1.21 bits per heavy atom. The van der Waals surface area contributed by atoms with Crippen molar-refractivity contribution in [1.82, 2.24) is 14.8 Å². The predicted octanol–water partition coefficient (Wildman–Crippen LogP) is 4.99. The number of rotatable bonds is 9. The average Bonchev–Trinajstić information content (AvgIpc) is 3.24. The summed E-state index contributed by atoms with van der Waals surface area (Å²) in [5, 5.41) is 8.59. The molecule has 7 nitrogen and oxygen atoms in total. The van der Waals surface area contributed by atoms with Crippen LogP contribution in [0.2, 0.25) is 0 Å². The highest BCUT2D eigenvalue weighted by atomic mass is 32.2. The Balaban J connectivity index is 1.68. The zero-order valence-electron chi connectivity index (χ0n) is 18.7. The number of hydrogen-bond donors (Lipinski definition) is 1. The third kappa shape index (κ3) is 5.12. The number of nitrogens with zero attached hydrogens (tertiary/aromatic N) is 3. The Morgan fingerprint density at radius 2 is 1.97 bits per heavy atom. The summed E-state index contributed by atoms with van der Waals surface area (Å²) in [5.41, 5.74) is 3.24. The molecule has 0 bridgehead atoms. The maximum absolute atomic E-state index is 13.0. The summed E-state index contributed by atoms with van der Waals surface area (Å²) in [4.78, 5) is 17.7. The van der Waals surface area contributed by atoms with E-state index in [1.54, 1.807) is 22.5 Å². The number of esters is 1. The molecular weight excluding hydrogens is 436 g/mol. The van der Waals surface area contributed by atoms with E-state index in [9.17, 15) is 4.79 Å². The molecule has 4 rings (SSSR count). The molecule has 1 unspecified atom stereocenters. The molecule has 0 fully saturated rings. The van der Waals surface area contributed by atoms with Crippen molar-refractivity contribution in [3.63, 3.8) is 0 Å². The maximum Gasteiger partial charge on any atom is 0.338 e. The van der Waals surface area contributed by atoms with Gasteiger partial charge in [0.05, 0.1) is 12.2 Å². The third-order valence-corrected chi connectivity index (χ3v) is 6.01. The monoisotopic (exact) mass is 462 g/mol. The van der Waals surface area contributed by atoms with E-state index in [1.807, 2.05) is 56.3 Å². The molecule has 1 aliphatic rings. The second kappa shape index (κ2) is 10.4. The van der Waals surface area contributed by atoms with Crippen molar-refractivity contribution in [2.75, 3.05) is 18.5 Å². The highest BCUT2D eigenvalue weighted by Crippen LogP contribution is 2.37. The summed E-state index contributed by atoms with van der Waals surface area (Å²) >= 11 is 1.55. The van der Waals surface area contributed by atoms with Crippen LogP contribution < -0.4 is 10.1 Å². The summed E-state index contributed by atoms with van der Waals surface area (Å²) in [6, 6.07) is 17.4. The Kier molecular flexibility index (Phi) is 7.14. The Hall–Kier alpha value is -3.52. The molecule has 8 heteroatoms. The van der Waals surface area contributed by atoms with Crippen LogP contribution in [0.5, 0.6) is 5.75 Å².